The Balaban J connectivity index is 2.06. The lowest BCUT2D eigenvalue weighted by Gasteiger charge is -2.34. The minimum atomic E-state index is -0.466. The molecule has 0 saturated carbocycles. The normalized spacial score (nSPS) is 17.9. The molecule has 3 rings (SSSR count). The van der Waals surface area contributed by atoms with E-state index >= 15 is 0 Å². The van der Waals surface area contributed by atoms with E-state index in [4.69, 9.17) is 15.8 Å². The Morgan fingerprint density at radius 3 is 2.83 bits per heavy atom. The molecule has 1 aliphatic rings. The highest BCUT2D eigenvalue weighted by Crippen LogP contribution is 2.38. The van der Waals surface area contributed by atoms with Crippen molar-refractivity contribution in [2.45, 2.75) is 52.9 Å². The number of aliphatic hydroxyl groups excluding tert-OH is 1. The standard InChI is InChI=1S/C19H27N3O2/c1-19(2,3)12-6-7-14-11(9-12)10-15-16(21-14)13(5-4-8-23)17(22-15)18(20)24/h10,12,22-23H,4-9H2,1-3H3,(H2,20,24). The average Bonchev–Trinajstić information content (AvgIpc) is 2.87. The largest absolute Gasteiger partial charge is 0.396 e. The number of aliphatic hydroxyl groups is 1. The van der Waals surface area contributed by atoms with Crippen molar-refractivity contribution in [2.24, 2.45) is 17.1 Å². The maximum Gasteiger partial charge on any atom is 0.265 e. The zero-order valence-electron chi connectivity index (χ0n) is 14.8. The Bertz CT molecular complexity index is 771. The van der Waals surface area contributed by atoms with Crippen LogP contribution >= 0.6 is 0 Å². The first-order valence-electron chi connectivity index (χ1n) is 8.75. The molecule has 130 valence electrons. The second-order valence-electron chi connectivity index (χ2n) is 7.97. The number of aromatic amines is 1. The van der Waals surface area contributed by atoms with Crippen LogP contribution in [0, 0.1) is 11.3 Å². The highest BCUT2D eigenvalue weighted by atomic mass is 16.2. The first-order valence-corrected chi connectivity index (χ1v) is 8.75. The summed E-state index contributed by atoms with van der Waals surface area (Å²) in [6, 6.07) is 2.14. The molecule has 0 saturated heterocycles. The van der Waals surface area contributed by atoms with Crippen LogP contribution in [-0.2, 0) is 19.3 Å². The van der Waals surface area contributed by atoms with Crippen molar-refractivity contribution >= 4 is 16.9 Å². The number of aromatic nitrogens is 2. The molecule has 5 heteroatoms. The molecular weight excluding hydrogens is 302 g/mol. The van der Waals surface area contributed by atoms with E-state index in [0.717, 1.165) is 41.6 Å². The summed E-state index contributed by atoms with van der Waals surface area (Å²) < 4.78 is 0. The van der Waals surface area contributed by atoms with Gasteiger partial charge in [-0.2, -0.15) is 0 Å². The van der Waals surface area contributed by atoms with Crippen LogP contribution in [-0.4, -0.2) is 27.6 Å². The molecule has 24 heavy (non-hydrogen) atoms. The molecule has 2 aromatic rings. The molecule has 0 fully saturated rings. The van der Waals surface area contributed by atoms with Gasteiger partial charge in [-0.05, 0) is 55.1 Å². The lowest BCUT2D eigenvalue weighted by Crippen LogP contribution is -2.27. The maximum absolute atomic E-state index is 11.8. The fourth-order valence-electron chi connectivity index (χ4n) is 3.77. The zero-order valence-corrected chi connectivity index (χ0v) is 14.8. The number of nitrogens with one attached hydrogen (secondary N) is 1. The number of rotatable bonds is 4. The molecule has 0 bridgehead atoms. The number of amides is 1. The highest BCUT2D eigenvalue weighted by molar-refractivity contribution is 5.99. The van der Waals surface area contributed by atoms with Crippen LogP contribution in [0.4, 0.5) is 0 Å². The fraction of sp³-hybridized carbons (Fsp3) is 0.579. The van der Waals surface area contributed by atoms with Gasteiger partial charge in [0, 0.05) is 17.9 Å². The minimum Gasteiger partial charge on any atom is -0.396 e. The Hall–Kier alpha value is -1.88. The zero-order chi connectivity index (χ0) is 17.5. The van der Waals surface area contributed by atoms with Crippen LogP contribution in [0.3, 0.4) is 0 Å². The number of pyridine rings is 1. The second kappa shape index (κ2) is 6.20. The van der Waals surface area contributed by atoms with E-state index in [1.165, 1.54) is 5.56 Å². The summed E-state index contributed by atoms with van der Waals surface area (Å²) in [6.07, 6.45) is 4.35. The van der Waals surface area contributed by atoms with Crippen LogP contribution in [0.5, 0.6) is 0 Å². The lowest BCUT2D eigenvalue weighted by molar-refractivity contribution is 0.0995. The Morgan fingerprint density at radius 1 is 1.46 bits per heavy atom. The first-order chi connectivity index (χ1) is 11.3. The number of hydrogen-bond donors (Lipinski definition) is 3. The Morgan fingerprint density at radius 2 is 2.21 bits per heavy atom. The number of carbonyl (C=O) groups is 1. The van der Waals surface area contributed by atoms with Crippen molar-refractivity contribution < 1.29 is 9.90 Å². The first kappa shape index (κ1) is 17.0. The molecule has 1 amide bonds. The Kier molecular flexibility index (Phi) is 4.38. The number of primary amides is 1. The van der Waals surface area contributed by atoms with Crippen LogP contribution in [0.1, 0.15) is 60.9 Å². The van der Waals surface area contributed by atoms with Crippen molar-refractivity contribution in [1.29, 1.82) is 0 Å². The minimum absolute atomic E-state index is 0.0864. The van der Waals surface area contributed by atoms with Gasteiger partial charge in [-0.1, -0.05) is 20.8 Å². The summed E-state index contributed by atoms with van der Waals surface area (Å²) in [5.74, 6) is 0.176. The third-order valence-corrected chi connectivity index (χ3v) is 5.29. The summed E-state index contributed by atoms with van der Waals surface area (Å²) in [6.45, 7) is 6.97. The monoisotopic (exact) mass is 329 g/mol. The summed E-state index contributed by atoms with van der Waals surface area (Å²) in [7, 11) is 0. The molecule has 1 unspecified atom stereocenters. The second-order valence-corrected chi connectivity index (χ2v) is 7.97. The number of nitrogens with two attached hydrogens (primary N) is 1. The van der Waals surface area contributed by atoms with E-state index in [-0.39, 0.29) is 12.0 Å². The summed E-state index contributed by atoms with van der Waals surface area (Å²) in [5, 5.41) is 9.12. The van der Waals surface area contributed by atoms with Gasteiger partial charge in [0.15, 0.2) is 0 Å². The van der Waals surface area contributed by atoms with Crippen LogP contribution in [0.25, 0.3) is 11.0 Å². The lowest BCUT2D eigenvalue weighted by atomic mass is 9.71. The van der Waals surface area contributed by atoms with Crippen molar-refractivity contribution in [3.05, 3.63) is 28.6 Å². The van der Waals surface area contributed by atoms with Crippen LogP contribution in [0.15, 0.2) is 6.07 Å². The summed E-state index contributed by atoms with van der Waals surface area (Å²) >= 11 is 0. The molecule has 1 atom stereocenters. The number of hydrogen-bond acceptors (Lipinski definition) is 3. The van der Waals surface area contributed by atoms with E-state index in [9.17, 15) is 4.79 Å². The molecular formula is C19H27N3O2. The molecule has 5 nitrogen and oxygen atoms in total. The number of nitrogens with zero attached hydrogens (tertiary/aromatic N) is 1. The quantitative estimate of drug-likeness (QED) is 0.805. The van der Waals surface area contributed by atoms with Crippen LogP contribution in [0.2, 0.25) is 0 Å². The number of carbonyl (C=O) groups excluding carboxylic acids is 1. The average molecular weight is 329 g/mol. The van der Waals surface area contributed by atoms with E-state index in [0.29, 0.717) is 24.5 Å². The SMILES string of the molecule is CC(C)(C)C1CCc2nc3c(CCCO)c(C(N)=O)[nH]c3cc2C1. The van der Waals surface area contributed by atoms with E-state index in [2.05, 4.69) is 31.8 Å². The molecule has 0 aromatic carbocycles. The third-order valence-electron chi connectivity index (χ3n) is 5.29. The van der Waals surface area contributed by atoms with Crippen molar-refractivity contribution in [2.75, 3.05) is 6.61 Å². The van der Waals surface area contributed by atoms with Crippen molar-refractivity contribution in [3.63, 3.8) is 0 Å². The van der Waals surface area contributed by atoms with Gasteiger partial charge in [0.1, 0.15) is 5.69 Å². The van der Waals surface area contributed by atoms with Gasteiger partial charge in [0.25, 0.3) is 5.91 Å². The van der Waals surface area contributed by atoms with Gasteiger partial charge in [-0.15, -0.1) is 0 Å². The van der Waals surface area contributed by atoms with Gasteiger partial charge in [-0.3, -0.25) is 9.78 Å². The number of H-pyrrole nitrogens is 1. The van der Waals surface area contributed by atoms with Crippen LogP contribution < -0.4 is 5.73 Å². The number of fused-ring (bicyclic) bond motifs is 2. The molecule has 4 N–H and O–H groups in total. The topological polar surface area (TPSA) is 92.0 Å². The van der Waals surface area contributed by atoms with Gasteiger partial charge in [0.05, 0.1) is 11.0 Å². The molecule has 2 heterocycles. The molecule has 2 aromatic heterocycles. The van der Waals surface area contributed by atoms with Gasteiger partial charge in [0.2, 0.25) is 0 Å². The summed E-state index contributed by atoms with van der Waals surface area (Å²) in [4.78, 5) is 19.8. The van der Waals surface area contributed by atoms with E-state index in [1.54, 1.807) is 0 Å². The summed E-state index contributed by atoms with van der Waals surface area (Å²) in [5.41, 5.74) is 11.2. The molecule has 0 aliphatic heterocycles. The van der Waals surface area contributed by atoms with E-state index < -0.39 is 5.91 Å². The molecule has 1 aliphatic carbocycles. The molecule has 0 radical (unpaired) electrons. The fourth-order valence-corrected chi connectivity index (χ4v) is 3.77. The molecule has 0 spiro atoms. The smallest absolute Gasteiger partial charge is 0.265 e. The maximum atomic E-state index is 11.8. The van der Waals surface area contributed by atoms with Gasteiger partial charge < -0.3 is 15.8 Å². The predicted octanol–water partition coefficient (Wildman–Crippen LogP) is 2.74. The predicted molar refractivity (Wildman–Crippen MR) is 95.0 cm³/mol. The van der Waals surface area contributed by atoms with Crippen molar-refractivity contribution in [1.82, 2.24) is 9.97 Å². The van der Waals surface area contributed by atoms with Crippen molar-refractivity contribution in [3.8, 4) is 0 Å². The number of aryl methyl sites for hydroxylation is 2. The van der Waals surface area contributed by atoms with E-state index in [1.807, 2.05) is 0 Å². The Labute approximate surface area is 142 Å². The third kappa shape index (κ3) is 3.05. The highest BCUT2D eigenvalue weighted by Gasteiger charge is 2.30. The van der Waals surface area contributed by atoms with Gasteiger partial charge >= 0.3 is 0 Å². The van der Waals surface area contributed by atoms with Gasteiger partial charge in [-0.25, -0.2) is 0 Å².